The van der Waals surface area contributed by atoms with Crippen LogP contribution in [0, 0.1) is 0 Å². The van der Waals surface area contributed by atoms with Crippen molar-refractivity contribution in [3.63, 3.8) is 0 Å². The van der Waals surface area contributed by atoms with Gasteiger partial charge in [0.2, 0.25) is 0 Å². The number of benzene rings is 2. The van der Waals surface area contributed by atoms with Crippen LogP contribution in [-0.4, -0.2) is 24.5 Å². The van der Waals surface area contributed by atoms with E-state index in [1.807, 2.05) is 42.5 Å². The molecular weight excluding hydrogens is 383 g/mol. The van der Waals surface area contributed by atoms with E-state index in [0.29, 0.717) is 15.2 Å². The van der Waals surface area contributed by atoms with Crippen molar-refractivity contribution in [2.75, 3.05) is 24.7 Å². The Labute approximate surface area is 162 Å². The minimum absolute atomic E-state index is 0.594. The second kappa shape index (κ2) is 9.99. The predicted molar refractivity (Wildman–Crippen MR) is 110 cm³/mol. The minimum Gasteiger partial charge on any atom is -0.497 e. The molecule has 0 fully saturated rings. The number of rotatable bonds is 7. The van der Waals surface area contributed by atoms with Gasteiger partial charge in [-0.15, -0.1) is 0 Å². The Hall–Kier alpha value is -1.14. The third-order valence-corrected chi connectivity index (χ3v) is 5.13. The van der Waals surface area contributed by atoms with E-state index in [1.54, 1.807) is 18.9 Å². The highest BCUT2D eigenvalue weighted by Crippen LogP contribution is 2.27. The predicted octanol–water partition coefficient (Wildman–Crippen LogP) is 5.22. The first-order valence-corrected chi connectivity index (χ1v) is 9.61. The van der Waals surface area contributed by atoms with Crippen molar-refractivity contribution < 1.29 is 4.74 Å². The second-order valence-corrected chi connectivity index (χ2v) is 7.19. The van der Waals surface area contributed by atoms with Crippen molar-refractivity contribution in [2.45, 2.75) is 5.75 Å². The number of hydrogen-bond donors (Lipinski definition) is 2. The zero-order valence-electron chi connectivity index (χ0n) is 13.1. The average Bonchev–Trinajstić information content (AvgIpc) is 2.57. The molecule has 0 unspecified atom stereocenters. The molecule has 0 bridgehead atoms. The zero-order chi connectivity index (χ0) is 17.4. The average molecular weight is 401 g/mol. The summed E-state index contributed by atoms with van der Waals surface area (Å²) in [5.41, 5.74) is 1.90. The van der Waals surface area contributed by atoms with Gasteiger partial charge in [-0.05, 0) is 54.2 Å². The van der Waals surface area contributed by atoms with E-state index < -0.39 is 0 Å². The summed E-state index contributed by atoms with van der Waals surface area (Å²) in [5, 5.41) is 8.32. The summed E-state index contributed by atoms with van der Waals surface area (Å²) in [6.07, 6.45) is 0. The summed E-state index contributed by atoms with van der Waals surface area (Å²) in [7, 11) is 1.64. The number of thiocarbonyl (C=S) groups is 1. The lowest BCUT2D eigenvalue weighted by molar-refractivity contribution is 0.415. The van der Waals surface area contributed by atoms with Gasteiger partial charge < -0.3 is 15.4 Å². The van der Waals surface area contributed by atoms with E-state index in [1.165, 1.54) is 0 Å². The van der Waals surface area contributed by atoms with Gasteiger partial charge in [0, 0.05) is 33.8 Å². The Kier molecular flexibility index (Phi) is 7.99. The number of halogens is 2. The summed E-state index contributed by atoms with van der Waals surface area (Å²) in [5.74, 6) is 2.49. The molecule has 0 aliphatic heterocycles. The normalized spacial score (nSPS) is 10.3. The molecule has 0 aliphatic carbocycles. The molecule has 0 aliphatic rings. The first-order valence-electron chi connectivity index (χ1n) is 7.29. The van der Waals surface area contributed by atoms with Crippen LogP contribution in [0.4, 0.5) is 5.69 Å². The van der Waals surface area contributed by atoms with Crippen LogP contribution in [0.1, 0.15) is 5.56 Å². The van der Waals surface area contributed by atoms with Crippen LogP contribution in [0.2, 0.25) is 10.0 Å². The molecule has 2 aromatic carbocycles. The zero-order valence-corrected chi connectivity index (χ0v) is 16.3. The summed E-state index contributed by atoms with van der Waals surface area (Å²) in [6, 6.07) is 13.2. The first kappa shape index (κ1) is 19.2. The Morgan fingerprint density at radius 2 is 1.79 bits per heavy atom. The largest absolute Gasteiger partial charge is 0.497 e. The number of thioether (sulfide) groups is 1. The molecule has 0 amide bonds. The van der Waals surface area contributed by atoms with E-state index in [4.69, 9.17) is 40.2 Å². The summed E-state index contributed by atoms with van der Waals surface area (Å²) in [6.45, 7) is 0.759. The number of methoxy groups -OCH3 is 1. The van der Waals surface area contributed by atoms with Gasteiger partial charge in [0.15, 0.2) is 5.11 Å². The van der Waals surface area contributed by atoms with Crippen LogP contribution in [-0.2, 0) is 5.75 Å². The lowest BCUT2D eigenvalue weighted by Crippen LogP contribution is -2.30. The van der Waals surface area contributed by atoms with Crippen molar-refractivity contribution in [3.05, 3.63) is 58.1 Å². The second-order valence-electron chi connectivity index (χ2n) is 4.86. The van der Waals surface area contributed by atoms with E-state index in [9.17, 15) is 0 Å². The molecule has 0 atom stereocenters. The summed E-state index contributed by atoms with van der Waals surface area (Å²) >= 11 is 19.3. The van der Waals surface area contributed by atoms with E-state index in [0.717, 1.165) is 35.1 Å². The standard InChI is InChI=1S/C17H18Cl2N2OS2/c1-22-13-7-5-12(6-8-13)21-17(23)20-9-10-24-11-14-15(18)3-2-4-16(14)19/h2-8H,9-11H2,1H3,(H2,20,21,23). The van der Waals surface area contributed by atoms with Crippen LogP contribution in [0.15, 0.2) is 42.5 Å². The molecule has 2 N–H and O–H groups in total. The molecule has 0 heterocycles. The number of ether oxygens (including phenoxy) is 1. The maximum atomic E-state index is 6.15. The van der Waals surface area contributed by atoms with Gasteiger partial charge >= 0.3 is 0 Å². The number of anilines is 1. The van der Waals surface area contributed by atoms with Gasteiger partial charge in [0.05, 0.1) is 7.11 Å². The molecule has 0 aromatic heterocycles. The van der Waals surface area contributed by atoms with Crippen molar-refractivity contribution >= 4 is 58.0 Å². The number of nitrogens with one attached hydrogen (secondary N) is 2. The fraction of sp³-hybridized carbons (Fsp3) is 0.235. The molecule has 3 nitrogen and oxygen atoms in total. The van der Waals surface area contributed by atoms with Gasteiger partial charge in [-0.3, -0.25) is 0 Å². The lowest BCUT2D eigenvalue weighted by Gasteiger charge is -2.11. The highest BCUT2D eigenvalue weighted by atomic mass is 35.5. The third-order valence-electron chi connectivity index (χ3n) is 3.19. The van der Waals surface area contributed by atoms with Crippen molar-refractivity contribution in [1.82, 2.24) is 5.32 Å². The third kappa shape index (κ3) is 6.06. The van der Waals surface area contributed by atoms with E-state index in [-0.39, 0.29) is 0 Å². The molecule has 0 saturated heterocycles. The van der Waals surface area contributed by atoms with E-state index >= 15 is 0 Å². The molecule has 24 heavy (non-hydrogen) atoms. The van der Waals surface area contributed by atoms with Crippen LogP contribution in [0.5, 0.6) is 5.75 Å². The quantitative estimate of drug-likeness (QED) is 0.491. The first-order chi connectivity index (χ1) is 11.6. The molecule has 128 valence electrons. The van der Waals surface area contributed by atoms with E-state index in [2.05, 4.69) is 10.6 Å². The fourth-order valence-corrected chi connectivity index (χ4v) is 3.75. The van der Waals surface area contributed by atoms with Gasteiger partial charge in [-0.2, -0.15) is 11.8 Å². The maximum Gasteiger partial charge on any atom is 0.170 e. The molecule has 2 aromatic rings. The molecular formula is C17H18Cl2N2OS2. The Bertz CT molecular complexity index is 661. The van der Waals surface area contributed by atoms with Gasteiger partial charge in [-0.1, -0.05) is 29.3 Å². The van der Waals surface area contributed by atoms with Gasteiger partial charge in [0.25, 0.3) is 0 Å². The monoisotopic (exact) mass is 400 g/mol. The Morgan fingerprint density at radius 1 is 1.12 bits per heavy atom. The molecule has 0 radical (unpaired) electrons. The summed E-state index contributed by atoms with van der Waals surface area (Å²) in [4.78, 5) is 0. The SMILES string of the molecule is COc1ccc(NC(=S)NCCSCc2c(Cl)cccc2Cl)cc1. The molecule has 2 rings (SSSR count). The van der Waals surface area contributed by atoms with Crippen LogP contribution < -0.4 is 15.4 Å². The number of hydrogen-bond acceptors (Lipinski definition) is 3. The van der Waals surface area contributed by atoms with Crippen molar-refractivity contribution in [3.8, 4) is 5.75 Å². The topological polar surface area (TPSA) is 33.3 Å². The molecule has 0 saturated carbocycles. The molecule has 7 heteroatoms. The summed E-state index contributed by atoms with van der Waals surface area (Å²) < 4.78 is 5.12. The van der Waals surface area contributed by atoms with Crippen molar-refractivity contribution in [1.29, 1.82) is 0 Å². The fourth-order valence-electron chi connectivity index (χ4n) is 1.93. The van der Waals surface area contributed by atoms with Crippen LogP contribution >= 0.6 is 47.2 Å². The minimum atomic E-state index is 0.594. The smallest absolute Gasteiger partial charge is 0.170 e. The maximum absolute atomic E-state index is 6.15. The van der Waals surface area contributed by atoms with Crippen LogP contribution in [0.25, 0.3) is 0 Å². The lowest BCUT2D eigenvalue weighted by atomic mass is 10.2. The Morgan fingerprint density at radius 3 is 2.42 bits per heavy atom. The van der Waals surface area contributed by atoms with Crippen LogP contribution in [0.3, 0.4) is 0 Å². The Balaban J connectivity index is 1.67. The van der Waals surface area contributed by atoms with Gasteiger partial charge in [-0.25, -0.2) is 0 Å². The highest BCUT2D eigenvalue weighted by molar-refractivity contribution is 7.98. The highest BCUT2D eigenvalue weighted by Gasteiger charge is 2.05. The van der Waals surface area contributed by atoms with Crippen molar-refractivity contribution in [2.24, 2.45) is 0 Å². The van der Waals surface area contributed by atoms with Gasteiger partial charge in [0.1, 0.15) is 5.75 Å². The molecule has 0 spiro atoms.